The molecule has 1 atom stereocenters. The molecule has 1 heterocycles. The van der Waals surface area contributed by atoms with Crippen molar-refractivity contribution in [2.24, 2.45) is 0 Å². The zero-order chi connectivity index (χ0) is 17.5. The van der Waals surface area contributed by atoms with E-state index in [1.165, 1.54) is 34.6 Å². The van der Waals surface area contributed by atoms with E-state index in [0.717, 1.165) is 12.1 Å². The average molecular weight is 350 g/mol. The Labute approximate surface area is 138 Å². The second-order valence-electron chi connectivity index (χ2n) is 5.71. The Balaban J connectivity index is 2.08. The van der Waals surface area contributed by atoms with Crippen molar-refractivity contribution in [1.29, 1.82) is 0 Å². The second kappa shape index (κ2) is 5.86. The highest BCUT2D eigenvalue weighted by Gasteiger charge is 2.34. The van der Waals surface area contributed by atoms with Crippen molar-refractivity contribution in [3.05, 3.63) is 64.0 Å². The third-order valence-electron chi connectivity index (χ3n) is 4.12. The van der Waals surface area contributed by atoms with Crippen LogP contribution in [-0.2, 0) is 16.4 Å². The highest BCUT2D eigenvalue weighted by molar-refractivity contribution is 7.92. The molecule has 0 bridgehead atoms. The van der Waals surface area contributed by atoms with Gasteiger partial charge in [0.05, 0.1) is 15.5 Å². The van der Waals surface area contributed by atoms with Crippen molar-refractivity contribution >= 4 is 21.4 Å². The number of hydrogen-bond acceptors (Lipinski definition) is 4. The molecule has 0 saturated carbocycles. The topological polar surface area (TPSA) is 80.5 Å². The lowest BCUT2D eigenvalue weighted by Gasteiger charge is -2.36. The van der Waals surface area contributed by atoms with Gasteiger partial charge in [-0.05, 0) is 55.7 Å². The van der Waals surface area contributed by atoms with Crippen LogP contribution in [0.3, 0.4) is 0 Å². The summed E-state index contributed by atoms with van der Waals surface area (Å²) in [5, 5.41) is 10.7. The lowest BCUT2D eigenvalue weighted by atomic mass is 9.99. The number of sulfonamides is 1. The number of nitro groups is 1. The Morgan fingerprint density at radius 2 is 1.88 bits per heavy atom. The van der Waals surface area contributed by atoms with Crippen LogP contribution in [0.25, 0.3) is 0 Å². The summed E-state index contributed by atoms with van der Waals surface area (Å²) in [4.78, 5) is 10.1. The molecule has 1 aliphatic heterocycles. The molecule has 0 radical (unpaired) electrons. The first-order chi connectivity index (χ1) is 11.3. The molecular weight excluding hydrogens is 335 g/mol. The van der Waals surface area contributed by atoms with E-state index in [1.807, 2.05) is 0 Å². The van der Waals surface area contributed by atoms with Crippen LogP contribution in [0.2, 0.25) is 0 Å². The number of fused-ring (bicyclic) bond motifs is 1. The molecule has 0 aliphatic carbocycles. The molecule has 126 valence electrons. The van der Waals surface area contributed by atoms with Crippen LogP contribution in [0.1, 0.15) is 18.9 Å². The molecule has 0 amide bonds. The average Bonchev–Trinajstić information content (AvgIpc) is 2.54. The molecule has 2 aromatic rings. The van der Waals surface area contributed by atoms with Gasteiger partial charge in [-0.2, -0.15) is 0 Å². The fourth-order valence-corrected chi connectivity index (χ4v) is 4.63. The van der Waals surface area contributed by atoms with E-state index < -0.39 is 20.8 Å². The molecule has 0 unspecified atom stereocenters. The number of benzene rings is 2. The highest BCUT2D eigenvalue weighted by Crippen LogP contribution is 2.35. The number of non-ortho nitro benzene ring substituents is 1. The van der Waals surface area contributed by atoms with Crippen LogP contribution in [0, 0.1) is 15.9 Å². The van der Waals surface area contributed by atoms with E-state index in [1.54, 1.807) is 6.92 Å². The molecule has 0 spiro atoms. The van der Waals surface area contributed by atoms with Gasteiger partial charge >= 0.3 is 0 Å². The van der Waals surface area contributed by atoms with Crippen molar-refractivity contribution in [3.8, 4) is 0 Å². The number of anilines is 1. The maximum absolute atomic E-state index is 13.4. The van der Waals surface area contributed by atoms with E-state index in [0.29, 0.717) is 24.1 Å². The third kappa shape index (κ3) is 2.73. The fourth-order valence-electron chi connectivity index (χ4n) is 2.91. The molecule has 24 heavy (non-hydrogen) atoms. The van der Waals surface area contributed by atoms with E-state index in [9.17, 15) is 22.9 Å². The first-order valence-corrected chi connectivity index (χ1v) is 8.82. The smallest absolute Gasteiger partial charge is 0.263 e. The minimum Gasteiger partial charge on any atom is -0.263 e. The van der Waals surface area contributed by atoms with Crippen molar-refractivity contribution in [2.45, 2.75) is 30.7 Å². The predicted octanol–water partition coefficient (Wildman–Crippen LogP) is 3.26. The lowest BCUT2D eigenvalue weighted by molar-refractivity contribution is -0.384. The Kier molecular flexibility index (Phi) is 4.00. The maximum atomic E-state index is 13.4. The number of nitro benzene ring substituents is 1. The van der Waals surface area contributed by atoms with Crippen LogP contribution < -0.4 is 4.31 Å². The summed E-state index contributed by atoms with van der Waals surface area (Å²) in [6.45, 7) is 1.79. The van der Waals surface area contributed by atoms with Crippen molar-refractivity contribution in [3.63, 3.8) is 0 Å². The van der Waals surface area contributed by atoms with Gasteiger partial charge in [-0.3, -0.25) is 14.4 Å². The van der Waals surface area contributed by atoms with E-state index in [2.05, 4.69) is 0 Å². The maximum Gasteiger partial charge on any atom is 0.269 e. The summed E-state index contributed by atoms with van der Waals surface area (Å²) >= 11 is 0. The molecule has 0 aromatic heterocycles. The van der Waals surface area contributed by atoms with Crippen LogP contribution in [0.15, 0.2) is 47.4 Å². The van der Waals surface area contributed by atoms with Crippen molar-refractivity contribution in [2.75, 3.05) is 4.31 Å². The Hall–Kier alpha value is -2.48. The molecule has 0 N–H and O–H groups in total. The monoisotopic (exact) mass is 350 g/mol. The van der Waals surface area contributed by atoms with Crippen LogP contribution in [0.5, 0.6) is 0 Å². The lowest BCUT2D eigenvalue weighted by Crippen LogP contribution is -2.42. The number of aryl methyl sites for hydroxylation is 1. The third-order valence-corrected chi connectivity index (χ3v) is 6.06. The first kappa shape index (κ1) is 16.4. The van der Waals surface area contributed by atoms with Gasteiger partial charge in [0.2, 0.25) is 0 Å². The number of hydrogen-bond donors (Lipinski definition) is 0. The molecule has 2 aromatic carbocycles. The number of rotatable bonds is 3. The SMILES string of the molecule is C[C@@H]1CCc2cc(F)ccc2N1S(=O)(=O)c1ccc([N+](=O)[O-])cc1. The Bertz CT molecular complexity index is 897. The van der Waals surface area contributed by atoms with E-state index in [4.69, 9.17) is 0 Å². The van der Waals surface area contributed by atoms with Crippen molar-refractivity contribution < 1.29 is 17.7 Å². The molecule has 8 heteroatoms. The van der Waals surface area contributed by atoms with E-state index in [-0.39, 0.29) is 16.6 Å². The summed E-state index contributed by atoms with van der Waals surface area (Å²) in [6, 6.07) is 8.51. The van der Waals surface area contributed by atoms with Gasteiger partial charge < -0.3 is 0 Å². The largest absolute Gasteiger partial charge is 0.269 e. The number of nitrogens with zero attached hydrogens (tertiary/aromatic N) is 2. The van der Waals surface area contributed by atoms with Gasteiger partial charge in [-0.15, -0.1) is 0 Å². The standard InChI is InChI=1S/C16H15FN2O4S/c1-11-2-3-12-10-13(17)4-9-16(12)18(11)24(22,23)15-7-5-14(6-8-15)19(20)21/h4-11H,2-3H2,1H3/t11-/m1/s1. The molecule has 0 saturated heterocycles. The molecular formula is C16H15FN2O4S. The summed E-state index contributed by atoms with van der Waals surface area (Å²) in [5.41, 5.74) is 0.912. The molecule has 6 nitrogen and oxygen atoms in total. The van der Waals surface area contributed by atoms with Crippen LogP contribution in [-0.4, -0.2) is 19.4 Å². The highest BCUT2D eigenvalue weighted by atomic mass is 32.2. The molecule has 3 rings (SSSR count). The van der Waals surface area contributed by atoms with Crippen LogP contribution >= 0.6 is 0 Å². The van der Waals surface area contributed by atoms with Gasteiger partial charge in [0, 0.05) is 18.2 Å². The van der Waals surface area contributed by atoms with Gasteiger partial charge in [-0.1, -0.05) is 0 Å². The van der Waals surface area contributed by atoms with Crippen molar-refractivity contribution in [1.82, 2.24) is 0 Å². The van der Waals surface area contributed by atoms with Gasteiger partial charge in [0.15, 0.2) is 0 Å². The summed E-state index contributed by atoms with van der Waals surface area (Å²) in [6.07, 6.45) is 1.17. The van der Waals surface area contributed by atoms with Gasteiger partial charge in [-0.25, -0.2) is 12.8 Å². The zero-order valence-electron chi connectivity index (χ0n) is 12.8. The first-order valence-electron chi connectivity index (χ1n) is 7.38. The Morgan fingerprint density at radius 1 is 1.21 bits per heavy atom. The van der Waals surface area contributed by atoms with E-state index >= 15 is 0 Å². The minimum atomic E-state index is -3.89. The quantitative estimate of drug-likeness (QED) is 0.628. The predicted molar refractivity (Wildman–Crippen MR) is 86.9 cm³/mol. The zero-order valence-corrected chi connectivity index (χ0v) is 13.7. The molecule has 0 fully saturated rings. The minimum absolute atomic E-state index is 0.0304. The van der Waals surface area contributed by atoms with Gasteiger partial charge in [0.25, 0.3) is 15.7 Å². The second-order valence-corrected chi connectivity index (χ2v) is 7.53. The normalized spacial score (nSPS) is 17.4. The summed E-state index contributed by atoms with van der Waals surface area (Å²) in [7, 11) is -3.89. The van der Waals surface area contributed by atoms with Crippen LogP contribution in [0.4, 0.5) is 15.8 Å². The number of halogens is 1. The molecule has 1 aliphatic rings. The summed E-state index contributed by atoms with van der Waals surface area (Å²) < 4.78 is 40.7. The fraction of sp³-hybridized carbons (Fsp3) is 0.250. The van der Waals surface area contributed by atoms with Gasteiger partial charge in [0.1, 0.15) is 5.82 Å². The Morgan fingerprint density at radius 3 is 2.50 bits per heavy atom. The summed E-state index contributed by atoms with van der Waals surface area (Å²) in [5.74, 6) is -0.406.